The topological polar surface area (TPSA) is 57.8 Å². The van der Waals surface area contributed by atoms with E-state index in [2.05, 4.69) is 28.7 Å². The van der Waals surface area contributed by atoms with Crippen LogP contribution in [0.4, 0.5) is 0 Å². The number of carbonyl (C=O) groups is 1. The molecule has 1 aromatic carbocycles. The highest BCUT2D eigenvalue weighted by molar-refractivity contribution is 6.05. The van der Waals surface area contributed by atoms with E-state index in [1.54, 1.807) is 25.3 Å². The molecule has 1 amide bonds. The van der Waals surface area contributed by atoms with Gasteiger partial charge >= 0.3 is 0 Å². The Bertz CT molecular complexity index is 794. The third kappa shape index (κ3) is 3.66. The number of hydrogen-bond acceptors (Lipinski definition) is 2. The van der Waals surface area contributed by atoms with Crippen molar-refractivity contribution in [1.29, 1.82) is 0 Å². The van der Waals surface area contributed by atoms with Crippen LogP contribution >= 0.6 is 0 Å². The van der Waals surface area contributed by atoms with E-state index in [4.69, 9.17) is 0 Å². The lowest BCUT2D eigenvalue weighted by atomic mass is 9.93. The molecule has 1 aromatic heterocycles. The molecule has 0 aliphatic rings. The van der Waals surface area contributed by atoms with Gasteiger partial charge in [-0.25, -0.2) is 0 Å². The number of nitrogens with zero attached hydrogens (tertiary/aromatic N) is 1. The summed E-state index contributed by atoms with van der Waals surface area (Å²) < 4.78 is 0. The molecule has 0 fully saturated rings. The van der Waals surface area contributed by atoms with Gasteiger partial charge in [0.15, 0.2) is 0 Å². The summed E-state index contributed by atoms with van der Waals surface area (Å²) in [6, 6.07) is 5.83. The molecule has 2 N–H and O–H groups in total. The molecule has 0 bridgehead atoms. The Morgan fingerprint density at radius 3 is 2.70 bits per heavy atom. The van der Waals surface area contributed by atoms with Crippen molar-refractivity contribution in [2.75, 3.05) is 7.05 Å². The maximum absolute atomic E-state index is 11.9. The molecule has 4 heteroatoms. The van der Waals surface area contributed by atoms with E-state index in [-0.39, 0.29) is 13.3 Å². The van der Waals surface area contributed by atoms with E-state index in [1.165, 1.54) is 0 Å². The third-order valence-electron chi connectivity index (χ3n) is 3.40. The zero-order valence-electron chi connectivity index (χ0n) is 12.8. The molecule has 0 aliphatic heterocycles. The lowest BCUT2D eigenvalue weighted by Gasteiger charge is -2.11. The van der Waals surface area contributed by atoms with Gasteiger partial charge in [0.05, 0.1) is 5.52 Å². The van der Waals surface area contributed by atoms with Gasteiger partial charge in [0, 0.05) is 24.2 Å². The van der Waals surface area contributed by atoms with Crippen molar-refractivity contribution < 1.29 is 4.79 Å². The molecule has 0 spiro atoms. The summed E-state index contributed by atoms with van der Waals surface area (Å²) >= 11 is 0. The molecule has 0 radical (unpaired) electrons. The number of benzene rings is 1. The van der Waals surface area contributed by atoms with Crippen molar-refractivity contribution in [3.63, 3.8) is 0 Å². The maximum atomic E-state index is 11.9. The van der Waals surface area contributed by atoms with Crippen molar-refractivity contribution in [2.45, 2.75) is 14.4 Å². The minimum absolute atomic E-state index is 0. The highest BCUT2D eigenvalue weighted by Gasteiger charge is 2.14. The van der Waals surface area contributed by atoms with Crippen molar-refractivity contribution >= 4 is 22.4 Å². The lowest BCUT2D eigenvalue weighted by molar-refractivity contribution is -0.116. The average Bonchev–Trinajstić information content (AvgIpc) is 2.92. The molecular weight excluding hydrogens is 286 g/mol. The first-order chi connectivity index (χ1) is 10.6. The monoisotopic (exact) mass is 309 g/mol. The fraction of sp³-hybridized carbons (Fsp3) is 0.158. The van der Waals surface area contributed by atoms with Crippen LogP contribution in [-0.4, -0.2) is 23.2 Å². The number of hydrogen-bond donors (Lipinski definition) is 2. The number of amides is 1. The minimum Gasteiger partial charge on any atom is -0.356 e. The van der Waals surface area contributed by atoms with Gasteiger partial charge in [0.2, 0.25) is 5.91 Å². The number of aromatic nitrogens is 2. The largest absolute Gasteiger partial charge is 0.356 e. The van der Waals surface area contributed by atoms with Crippen LogP contribution in [0.5, 0.6) is 0 Å². The number of fused-ring (bicyclic) bond motifs is 1. The Morgan fingerprint density at radius 2 is 2.09 bits per heavy atom. The fourth-order valence-corrected chi connectivity index (χ4v) is 2.37. The highest BCUT2D eigenvalue weighted by atomic mass is 16.1. The van der Waals surface area contributed by atoms with Crippen LogP contribution in [0.2, 0.25) is 0 Å². The second-order valence-corrected chi connectivity index (χ2v) is 4.78. The molecular formula is C19H23N3O. The number of carbonyl (C=O) groups excluding carboxylic acids is 1. The minimum atomic E-state index is -0.176. The Kier molecular flexibility index (Phi) is 6.27. The SMILES string of the molecule is C.C=C/C=C(C=C)/C(=C\C(=O)NC)c1cccc2n[nH]c(C)c12. The number of aryl methyl sites for hydroxylation is 1. The zero-order chi connectivity index (χ0) is 16.1. The smallest absolute Gasteiger partial charge is 0.244 e. The van der Waals surface area contributed by atoms with Crippen LogP contribution in [0.3, 0.4) is 0 Å². The molecule has 2 aromatic rings. The van der Waals surface area contributed by atoms with E-state index in [9.17, 15) is 4.79 Å². The van der Waals surface area contributed by atoms with Gasteiger partial charge in [0.1, 0.15) is 0 Å². The predicted molar refractivity (Wildman–Crippen MR) is 98.1 cm³/mol. The molecule has 0 saturated carbocycles. The van der Waals surface area contributed by atoms with E-state index in [0.29, 0.717) is 0 Å². The van der Waals surface area contributed by atoms with Crippen molar-refractivity contribution in [1.82, 2.24) is 15.5 Å². The number of likely N-dealkylation sites (N-methyl/N-ethyl adjacent to an activating group) is 1. The molecule has 0 saturated heterocycles. The van der Waals surface area contributed by atoms with Crippen LogP contribution < -0.4 is 5.32 Å². The molecule has 2 rings (SSSR count). The van der Waals surface area contributed by atoms with Gasteiger partial charge in [-0.1, -0.05) is 50.9 Å². The van der Waals surface area contributed by atoms with Crippen molar-refractivity contribution in [3.05, 3.63) is 72.5 Å². The Hall–Kier alpha value is -2.88. The number of aromatic amines is 1. The predicted octanol–water partition coefficient (Wildman–Crippen LogP) is 3.94. The van der Waals surface area contributed by atoms with Crippen LogP contribution in [0.25, 0.3) is 16.5 Å². The summed E-state index contributed by atoms with van der Waals surface area (Å²) in [5.74, 6) is -0.176. The summed E-state index contributed by atoms with van der Waals surface area (Å²) in [4.78, 5) is 11.9. The standard InChI is InChI=1S/C18H19N3O.CH4/c1-5-8-13(6-2)15(11-17(22)19-4)14-9-7-10-16-18(14)12(3)20-21-16;/h5-11H,1-2H2,3-4H3,(H,19,22)(H,20,21);1H4/b13-8+,15-11+;. The van der Waals surface area contributed by atoms with Crippen LogP contribution in [0.1, 0.15) is 18.7 Å². The average molecular weight is 309 g/mol. The van der Waals surface area contributed by atoms with Gasteiger partial charge in [-0.05, 0) is 29.7 Å². The van der Waals surface area contributed by atoms with Gasteiger partial charge in [-0.15, -0.1) is 0 Å². The normalized spacial score (nSPS) is 11.7. The van der Waals surface area contributed by atoms with Crippen LogP contribution in [0, 0.1) is 6.92 Å². The summed E-state index contributed by atoms with van der Waals surface area (Å²) in [5, 5.41) is 10.9. The van der Waals surface area contributed by atoms with Crippen LogP contribution in [0.15, 0.2) is 61.2 Å². The number of rotatable bonds is 5. The molecule has 23 heavy (non-hydrogen) atoms. The molecule has 4 nitrogen and oxygen atoms in total. The van der Waals surface area contributed by atoms with E-state index >= 15 is 0 Å². The lowest BCUT2D eigenvalue weighted by Crippen LogP contribution is -2.15. The van der Waals surface area contributed by atoms with E-state index < -0.39 is 0 Å². The Labute approximate surface area is 137 Å². The molecule has 1 heterocycles. The zero-order valence-corrected chi connectivity index (χ0v) is 12.8. The van der Waals surface area contributed by atoms with Gasteiger partial charge in [0.25, 0.3) is 0 Å². The second kappa shape index (κ2) is 7.94. The molecule has 120 valence electrons. The molecule has 0 atom stereocenters. The first-order valence-electron chi connectivity index (χ1n) is 6.95. The summed E-state index contributed by atoms with van der Waals surface area (Å²) in [5.41, 5.74) is 4.35. The first kappa shape index (κ1) is 18.2. The van der Waals surface area contributed by atoms with Gasteiger partial charge in [-0.2, -0.15) is 5.10 Å². The fourth-order valence-electron chi connectivity index (χ4n) is 2.37. The molecule has 0 unspecified atom stereocenters. The van der Waals surface area contributed by atoms with Gasteiger partial charge in [-0.3, -0.25) is 9.89 Å². The van der Waals surface area contributed by atoms with Crippen LogP contribution in [-0.2, 0) is 4.79 Å². The summed E-state index contributed by atoms with van der Waals surface area (Å²) in [7, 11) is 1.60. The van der Waals surface area contributed by atoms with E-state index in [1.807, 2.05) is 31.2 Å². The third-order valence-corrected chi connectivity index (χ3v) is 3.40. The Balaban J connectivity index is 0.00000264. The summed E-state index contributed by atoms with van der Waals surface area (Å²) in [6.07, 6.45) is 6.79. The van der Waals surface area contributed by atoms with Gasteiger partial charge < -0.3 is 5.32 Å². The second-order valence-electron chi connectivity index (χ2n) is 4.78. The quantitative estimate of drug-likeness (QED) is 0.649. The van der Waals surface area contributed by atoms with E-state index in [0.717, 1.165) is 33.3 Å². The molecule has 0 aliphatic carbocycles. The number of nitrogens with one attached hydrogen (secondary N) is 2. The first-order valence-corrected chi connectivity index (χ1v) is 6.95. The van der Waals surface area contributed by atoms with Crippen molar-refractivity contribution in [3.8, 4) is 0 Å². The Morgan fingerprint density at radius 1 is 1.35 bits per heavy atom. The summed E-state index contributed by atoms with van der Waals surface area (Å²) in [6.45, 7) is 9.52. The number of allylic oxidation sites excluding steroid dienone is 5. The van der Waals surface area contributed by atoms with Crippen molar-refractivity contribution in [2.24, 2.45) is 0 Å². The highest BCUT2D eigenvalue weighted by Crippen LogP contribution is 2.31. The maximum Gasteiger partial charge on any atom is 0.244 e. The number of H-pyrrole nitrogens is 1.